The summed E-state index contributed by atoms with van der Waals surface area (Å²) < 4.78 is 35.8. The second-order valence-corrected chi connectivity index (χ2v) is 8.60. The van der Waals surface area contributed by atoms with E-state index in [-0.39, 0.29) is 17.0 Å². The van der Waals surface area contributed by atoms with Crippen LogP contribution in [0.3, 0.4) is 0 Å². The fourth-order valence-electron chi connectivity index (χ4n) is 2.49. The summed E-state index contributed by atoms with van der Waals surface area (Å²) >= 11 is 0. The van der Waals surface area contributed by atoms with Gasteiger partial charge in [0.2, 0.25) is 10.0 Å². The molecule has 0 aliphatic rings. The van der Waals surface area contributed by atoms with Crippen molar-refractivity contribution in [2.45, 2.75) is 11.4 Å². The molecule has 1 amide bonds. The van der Waals surface area contributed by atoms with Crippen LogP contribution in [0, 0.1) is 0 Å². The van der Waals surface area contributed by atoms with Gasteiger partial charge < -0.3 is 14.4 Å². The van der Waals surface area contributed by atoms with Crippen LogP contribution < -0.4 is 4.74 Å². The third-order valence-electron chi connectivity index (χ3n) is 4.20. The van der Waals surface area contributed by atoms with Gasteiger partial charge in [0.1, 0.15) is 5.75 Å². The average molecular weight is 420 g/mol. The predicted octanol–water partition coefficient (Wildman–Crippen LogP) is 1.76. The number of carbonyl (C=O) groups is 2. The summed E-state index contributed by atoms with van der Waals surface area (Å²) in [6.07, 6.45) is 0. The maximum Gasteiger partial charge on any atom is 0.338 e. The molecule has 9 heteroatoms. The molecule has 0 N–H and O–H groups in total. The fourth-order valence-corrected chi connectivity index (χ4v) is 3.44. The van der Waals surface area contributed by atoms with Crippen molar-refractivity contribution in [3.8, 4) is 5.75 Å². The number of nitrogens with zero attached hydrogens (tertiary/aromatic N) is 2. The van der Waals surface area contributed by atoms with Crippen molar-refractivity contribution in [2.75, 3.05) is 34.9 Å². The summed E-state index contributed by atoms with van der Waals surface area (Å²) in [7, 11) is 2.26. The van der Waals surface area contributed by atoms with Gasteiger partial charge >= 0.3 is 5.97 Å². The van der Waals surface area contributed by atoms with Crippen molar-refractivity contribution < 1.29 is 27.5 Å². The van der Waals surface area contributed by atoms with E-state index in [1.807, 2.05) is 18.2 Å². The molecule has 0 spiro atoms. The molecule has 156 valence electrons. The minimum atomic E-state index is -3.68. The molecule has 8 nitrogen and oxygen atoms in total. The molecule has 0 atom stereocenters. The normalized spacial score (nSPS) is 11.2. The summed E-state index contributed by atoms with van der Waals surface area (Å²) in [6, 6.07) is 12.8. The van der Waals surface area contributed by atoms with Crippen LogP contribution in [0.1, 0.15) is 15.9 Å². The van der Waals surface area contributed by atoms with Gasteiger partial charge in [0, 0.05) is 33.3 Å². The van der Waals surface area contributed by atoms with Crippen LogP contribution in [-0.2, 0) is 26.1 Å². The molecule has 2 aromatic carbocycles. The lowest BCUT2D eigenvalue weighted by atomic mass is 10.2. The van der Waals surface area contributed by atoms with Gasteiger partial charge in [0.15, 0.2) is 6.61 Å². The molecule has 0 fully saturated rings. The van der Waals surface area contributed by atoms with Gasteiger partial charge in [-0.05, 0) is 24.3 Å². The molecule has 0 saturated carbocycles. The van der Waals surface area contributed by atoms with E-state index in [0.29, 0.717) is 5.75 Å². The lowest BCUT2D eigenvalue weighted by Gasteiger charge is -2.18. The molecule has 0 heterocycles. The summed E-state index contributed by atoms with van der Waals surface area (Å²) in [4.78, 5) is 25.9. The first-order valence-corrected chi connectivity index (χ1v) is 10.2. The number of rotatable bonds is 8. The van der Waals surface area contributed by atoms with Gasteiger partial charge in [-0.1, -0.05) is 24.3 Å². The number of ether oxygens (including phenoxy) is 2. The van der Waals surface area contributed by atoms with Crippen molar-refractivity contribution in [1.82, 2.24) is 9.21 Å². The van der Waals surface area contributed by atoms with Gasteiger partial charge in [-0.2, -0.15) is 0 Å². The molecule has 0 aromatic heterocycles. The van der Waals surface area contributed by atoms with Crippen LogP contribution in [0.2, 0.25) is 0 Å². The van der Waals surface area contributed by atoms with Gasteiger partial charge in [0.05, 0.1) is 17.6 Å². The lowest BCUT2D eigenvalue weighted by Crippen LogP contribution is -2.31. The Morgan fingerprint density at radius 2 is 1.69 bits per heavy atom. The van der Waals surface area contributed by atoms with E-state index in [1.165, 1.54) is 43.3 Å². The highest BCUT2D eigenvalue weighted by Crippen LogP contribution is 2.19. The van der Waals surface area contributed by atoms with E-state index in [9.17, 15) is 18.0 Å². The number of benzene rings is 2. The Hall–Kier alpha value is -2.91. The van der Waals surface area contributed by atoms with Crippen molar-refractivity contribution in [3.63, 3.8) is 0 Å². The Balaban J connectivity index is 2.01. The molecule has 2 aromatic rings. The number of carbonyl (C=O) groups excluding carboxylic acids is 2. The van der Waals surface area contributed by atoms with Crippen molar-refractivity contribution >= 4 is 21.9 Å². The first kappa shape index (κ1) is 22.4. The van der Waals surface area contributed by atoms with Gasteiger partial charge in [-0.25, -0.2) is 17.5 Å². The first-order valence-electron chi connectivity index (χ1n) is 8.72. The molecular formula is C20H24N2O6S. The van der Waals surface area contributed by atoms with E-state index >= 15 is 0 Å². The number of esters is 1. The fraction of sp³-hybridized carbons (Fsp3) is 0.300. The molecule has 0 aliphatic carbocycles. The smallest absolute Gasteiger partial charge is 0.338 e. The first-order chi connectivity index (χ1) is 13.7. The molecule has 29 heavy (non-hydrogen) atoms. The van der Waals surface area contributed by atoms with Crippen LogP contribution >= 0.6 is 0 Å². The molecule has 0 saturated heterocycles. The van der Waals surface area contributed by atoms with Crippen molar-refractivity contribution in [1.29, 1.82) is 0 Å². The van der Waals surface area contributed by atoms with Gasteiger partial charge in [0.25, 0.3) is 5.91 Å². The number of methoxy groups -OCH3 is 1. The number of likely N-dealkylation sites (N-methyl/N-ethyl adjacent to an activating group) is 1. The largest absolute Gasteiger partial charge is 0.496 e. The van der Waals surface area contributed by atoms with Gasteiger partial charge in [-0.15, -0.1) is 0 Å². The zero-order valence-corrected chi connectivity index (χ0v) is 17.6. The molecule has 2 rings (SSSR count). The van der Waals surface area contributed by atoms with Crippen molar-refractivity contribution in [2.24, 2.45) is 0 Å². The third kappa shape index (κ3) is 5.55. The molecule has 0 radical (unpaired) electrons. The minimum absolute atomic E-state index is 0.0310. The highest BCUT2D eigenvalue weighted by molar-refractivity contribution is 7.89. The maximum absolute atomic E-state index is 12.3. The van der Waals surface area contributed by atoms with Crippen LogP contribution in [-0.4, -0.2) is 64.4 Å². The van der Waals surface area contributed by atoms with Crippen LogP contribution in [0.15, 0.2) is 53.4 Å². The van der Waals surface area contributed by atoms with E-state index in [0.717, 1.165) is 9.87 Å². The zero-order chi connectivity index (χ0) is 21.6. The molecular weight excluding hydrogens is 396 g/mol. The number of amides is 1. The highest BCUT2D eigenvalue weighted by atomic mass is 32.2. The Bertz CT molecular complexity index is 988. The van der Waals surface area contributed by atoms with Gasteiger partial charge in [-0.3, -0.25) is 4.79 Å². The van der Waals surface area contributed by atoms with Crippen LogP contribution in [0.5, 0.6) is 5.75 Å². The zero-order valence-electron chi connectivity index (χ0n) is 16.8. The van der Waals surface area contributed by atoms with E-state index in [2.05, 4.69) is 0 Å². The standard InChI is InChI=1S/C20H24N2O6S/c1-21(2)29(25,26)17-10-7-9-15(12-17)20(24)28-14-19(23)22(3)13-16-8-5-6-11-18(16)27-4/h5-12H,13-14H2,1-4H3. The van der Waals surface area contributed by atoms with Crippen LogP contribution in [0.25, 0.3) is 0 Å². The Labute approximate surface area is 170 Å². The lowest BCUT2D eigenvalue weighted by molar-refractivity contribution is -0.133. The van der Waals surface area contributed by atoms with E-state index in [4.69, 9.17) is 9.47 Å². The molecule has 0 unspecified atom stereocenters. The summed E-state index contributed by atoms with van der Waals surface area (Å²) in [5.41, 5.74) is 0.867. The van der Waals surface area contributed by atoms with Crippen molar-refractivity contribution in [3.05, 3.63) is 59.7 Å². The Kier molecular flexibility index (Phi) is 7.35. The summed E-state index contributed by atoms with van der Waals surface area (Å²) in [6.45, 7) is -0.175. The molecule has 0 aliphatic heterocycles. The Morgan fingerprint density at radius 3 is 2.34 bits per heavy atom. The second kappa shape index (κ2) is 9.53. The topological polar surface area (TPSA) is 93.2 Å². The summed E-state index contributed by atoms with van der Waals surface area (Å²) in [5, 5.41) is 0. The monoisotopic (exact) mass is 420 g/mol. The summed E-state index contributed by atoms with van der Waals surface area (Å²) in [5.74, 6) is -0.524. The highest BCUT2D eigenvalue weighted by Gasteiger charge is 2.20. The second-order valence-electron chi connectivity index (χ2n) is 6.45. The molecule has 0 bridgehead atoms. The number of hydrogen-bond acceptors (Lipinski definition) is 6. The predicted molar refractivity (Wildman–Crippen MR) is 107 cm³/mol. The Morgan fingerprint density at radius 1 is 1.00 bits per heavy atom. The number of hydrogen-bond donors (Lipinski definition) is 0. The minimum Gasteiger partial charge on any atom is -0.496 e. The van der Waals surface area contributed by atoms with E-state index in [1.54, 1.807) is 20.2 Å². The average Bonchev–Trinajstić information content (AvgIpc) is 2.71. The third-order valence-corrected chi connectivity index (χ3v) is 6.01. The number of para-hydroxylation sites is 1. The van der Waals surface area contributed by atoms with E-state index < -0.39 is 28.5 Å². The maximum atomic E-state index is 12.3. The SMILES string of the molecule is COc1ccccc1CN(C)C(=O)COC(=O)c1cccc(S(=O)(=O)N(C)C)c1. The van der Waals surface area contributed by atoms with Crippen LogP contribution in [0.4, 0.5) is 0 Å². The number of sulfonamides is 1. The quantitative estimate of drug-likeness (QED) is 0.604.